The highest BCUT2D eigenvalue weighted by Gasteiger charge is 2.52. The van der Waals surface area contributed by atoms with Crippen LogP contribution in [0.3, 0.4) is 0 Å². The third-order valence-corrected chi connectivity index (χ3v) is 4.00. The molecule has 5 nitrogen and oxygen atoms in total. The zero-order chi connectivity index (χ0) is 17.1. The van der Waals surface area contributed by atoms with Crippen molar-refractivity contribution >= 4 is 11.9 Å². The van der Waals surface area contributed by atoms with Crippen LogP contribution in [0, 0.1) is 0 Å². The highest BCUT2D eigenvalue weighted by Crippen LogP contribution is 2.41. The van der Waals surface area contributed by atoms with Crippen LogP contribution in [0.5, 0.6) is 0 Å². The monoisotopic (exact) mass is 318 g/mol. The lowest BCUT2D eigenvalue weighted by molar-refractivity contribution is -0.172. The molecule has 0 bridgehead atoms. The van der Waals surface area contributed by atoms with Crippen LogP contribution in [0.25, 0.3) is 0 Å². The summed E-state index contributed by atoms with van der Waals surface area (Å²) in [5.74, 6) is -0.433. The van der Waals surface area contributed by atoms with E-state index in [0.717, 1.165) is 12.0 Å². The van der Waals surface area contributed by atoms with Crippen molar-refractivity contribution in [2.24, 2.45) is 0 Å². The Morgan fingerprint density at radius 3 is 2.48 bits per heavy atom. The molecule has 0 aromatic heterocycles. The number of hydrogen-bond acceptors (Lipinski definition) is 4. The van der Waals surface area contributed by atoms with Gasteiger partial charge in [-0.3, -0.25) is 4.79 Å². The maximum Gasteiger partial charge on any atom is 0.337 e. The Morgan fingerprint density at radius 1 is 1.26 bits per heavy atom. The zero-order valence-corrected chi connectivity index (χ0v) is 14.4. The molecule has 1 aliphatic rings. The molecule has 126 valence electrons. The Bertz CT molecular complexity index is 565. The third-order valence-electron chi connectivity index (χ3n) is 4.00. The van der Waals surface area contributed by atoms with Crippen molar-refractivity contribution in [3.8, 4) is 0 Å². The van der Waals surface area contributed by atoms with E-state index in [1.54, 1.807) is 11.9 Å². The molecule has 1 atom stereocenters. The lowest BCUT2D eigenvalue weighted by Gasteiger charge is -2.38. The van der Waals surface area contributed by atoms with Gasteiger partial charge in [0.2, 0.25) is 5.91 Å². The number of esters is 1. The predicted octanol–water partition coefficient (Wildman–Crippen LogP) is 2.07. The number of carbonyl (C=O) groups excluding carboxylic acids is 2. The first-order valence-electron chi connectivity index (χ1n) is 8.05. The van der Waals surface area contributed by atoms with E-state index in [0.29, 0.717) is 13.0 Å². The molecule has 0 saturated carbocycles. The smallest absolute Gasteiger partial charge is 0.337 e. The lowest BCUT2D eigenvalue weighted by Crippen LogP contribution is -2.54. The summed E-state index contributed by atoms with van der Waals surface area (Å²) in [6, 6.07) is 9.48. The second kappa shape index (κ2) is 6.71. The summed E-state index contributed by atoms with van der Waals surface area (Å²) in [6.07, 6.45) is 1.37. The van der Waals surface area contributed by atoms with Gasteiger partial charge in [-0.15, -0.1) is 0 Å². The van der Waals surface area contributed by atoms with Gasteiger partial charge in [0, 0.05) is 6.54 Å². The minimum atomic E-state index is -1.03. The lowest BCUT2D eigenvalue weighted by atomic mass is 9.86. The van der Waals surface area contributed by atoms with Crippen LogP contribution >= 0.6 is 0 Å². The fourth-order valence-electron chi connectivity index (χ4n) is 3.11. The molecule has 1 saturated heterocycles. The Kier molecular flexibility index (Phi) is 5.09. The van der Waals surface area contributed by atoms with Crippen LogP contribution in [-0.4, -0.2) is 42.5 Å². The summed E-state index contributed by atoms with van der Waals surface area (Å²) >= 11 is 0. The van der Waals surface area contributed by atoms with Crippen LogP contribution in [-0.2, 0) is 19.9 Å². The molecule has 2 rings (SSSR count). The van der Waals surface area contributed by atoms with Gasteiger partial charge >= 0.3 is 5.97 Å². The summed E-state index contributed by atoms with van der Waals surface area (Å²) in [6.45, 7) is 6.31. The highest BCUT2D eigenvalue weighted by molar-refractivity contribution is 5.91. The number of carbonyl (C=O) groups is 2. The van der Waals surface area contributed by atoms with Crippen molar-refractivity contribution in [2.75, 3.05) is 20.1 Å². The second-order valence-electron chi connectivity index (χ2n) is 6.91. The average Bonchev–Trinajstić information content (AvgIpc) is 2.92. The van der Waals surface area contributed by atoms with Gasteiger partial charge in [-0.1, -0.05) is 30.3 Å². The van der Waals surface area contributed by atoms with Crippen LogP contribution in [0.15, 0.2) is 30.3 Å². The average molecular weight is 318 g/mol. The highest BCUT2D eigenvalue weighted by atomic mass is 16.6. The molecule has 0 radical (unpaired) electrons. The van der Waals surface area contributed by atoms with Crippen molar-refractivity contribution in [3.05, 3.63) is 35.9 Å². The van der Waals surface area contributed by atoms with E-state index in [-0.39, 0.29) is 18.4 Å². The molecule has 23 heavy (non-hydrogen) atoms. The number of likely N-dealkylation sites (N-methyl/N-ethyl adjacent to an activating group) is 1. The first-order chi connectivity index (χ1) is 10.8. The molecular formula is C18H26N2O3. The fraction of sp³-hybridized carbons (Fsp3) is 0.556. The van der Waals surface area contributed by atoms with Gasteiger partial charge in [-0.05, 0) is 46.2 Å². The molecule has 0 aliphatic carbocycles. The maximum atomic E-state index is 13.1. The Morgan fingerprint density at radius 2 is 1.91 bits per heavy atom. The maximum absolute atomic E-state index is 13.1. The SMILES string of the molecule is CNCC(=O)N1CCC[C@]1(C(=O)OC(C)(C)C)c1ccccc1. The fourth-order valence-corrected chi connectivity index (χ4v) is 3.11. The van der Waals surface area contributed by atoms with Gasteiger partial charge < -0.3 is 15.0 Å². The van der Waals surface area contributed by atoms with Gasteiger partial charge in [0.1, 0.15) is 5.60 Å². The molecule has 1 N–H and O–H groups in total. The second-order valence-corrected chi connectivity index (χ2v) is 6.91. The van der Waals surface area contributed by atoms with Crippen LogP contribution in [0.4, 0.5) is 0 Å². The molecule has 1 fully saturated rings. The Hall–Kier alpha value is -1.88. The normalized spacial score (nSPS) is 21.3. The molecule has 1 aromatic rings. The van der Waals surface area contributed by atoms with Gasteiger partial charge in [0.05, 0.1) is 6.54 Å². The van der Waals surface area contributed by atoms with Crippen molar-refractivity contribution in [2.45, 2.75) is 44.8 Å². The van der Waals surface area contributed by atoms with E-state index < -0.39 is 11.1 Å². The van der Waals surface area contributed by atoms with Crippen molar-refractivity contribution in [1.82, 2.24) is 10.2 Å². The minimum Gasteiger partial charge on any atom is -0.458 e. The summed E-state index contributed by atoms with van der Waals surface area (Å²) in [5.41, 5.74) is -0.807. The van der Waals surface area contributed by atoms with E-state index in [1.165, 1.54) is 0 Å². The summed E-state index contributed by atoms with van der Waals surface area (Å²) in [5, 5.41) is 2.88. The third kappa shape index (κ3) is 3.55. The number of nitrogens with one attached hydrogen (secondary N) is 1. The first kappa shape index (κ1) is 17.5. The number of hydrogen-bond donors (Lipinski definition) is 1. The van der Waals surface area contributed by atoms with Gasteiger partial charge in [0.15, 0.2) is 5.54 Å². The minimum absolute atomic E-state index is 0.0836. The summed E-state index contributed by atoms with van der Waals surface area (Å²) in [7, 11) is 1.73. The largest absolute Gasteiger partial charge is 0.458 e. The van der Waals surface area contributed by atoms with E-state index in [1.807, 2.05) is 51.1 Å². The number of ether oxygens (including phenoxy) is 1. The molecule has 1 heterocycles. The summed E-state index contributed by atoms with van der Waals surface area (Å²) < 4.78 is 5.68. The molecule has 0 spiro atoms. The van der Waals surface area contributed by atoms with Crippen LogP contribution < -0.4 is 5.32 Å². The Balaban J connectivity index is 2.47. The number of likely N-dealkylation sites (tertiary alicyclic amines) is 1. The molecule has 1 aliphatic heterocycles. The zero-order valence-electron chi connectivity index (χ0n) is 14.4. The van der Waals surface area contributed by atoms with Crippen molar-refractivity contribution in [1.29, 1.82) is 0 Å². The van der Waals surface area contributed by atoms with Gasteiger partial charge in [0.25, 0.3) is 0 Å². The standard InChI is InChI=1S/C18H26N2O3/c1-17(2,3)23-16(22)18(14-9-6-5-7-10-14)11-8-12-20(18)15(21)13-19-4/h5-7,9-10,19H,8,11-13H2,1-4H3/t18-/m1/s1. The van der Waals surface area contributed by atoms with Gasteiger partial charge in [-0.2, -0.15) is 0 Å². The quantitative estimate of drug-likeness (QED) is 0.864. The molecular weight excluding hydrogens is 292 g/mol. The number of nitrogens with zero attached hydrogens (tertiary/aromatic N) is 1. The number of amides is 1. The van der Waals surface area contributed by atoms with Crippen molar-refractivity contribution < 1.29 is 14.3 Å². The number of benzene rings is 1. The van der Waals surface area contributed by atoms with Gasteiger partial charge in [-0.25, -0.2) is 4.79 Å². The molecule has 1 aromatic carbocycles. The molecule has 0 unspecified atom stereocenters. The van der Waals surface area contributed by atoms with E-state index in [2.05, 4.69) is 5.32 Å². The summed E-state index contributed by atoms with van der Waals surface area (Å²) in [4.78, 5) is 27.3. The molecule has 1 amide bonds. The first-order valence-corrected chi connectivity index (χ1v) is 8.05. The van der Waals surface area contributed by atoms with Crippen LogP contribution in [0.2, 0.25) is 0 Å². The van der Waals surface area contributed by atoms with E-state index in [4.69, 9.17) is 4.74 Å². The van der Waals surface area contributed by atoms with Crippen molar-refractivity contribution in [3.63, 3.8) is 0 Å². The van der Waals surface area contributed by atoms with E-state index >= 15 is 0 Å². The number of rotatable bonds is 4. The predicted molar refractivity (Wildman–Crippen MR) is 88.8 cm³/mol. The Labute approximate surface area is 138 Å². The topological polar surface area (TPSA) is 58.6 Å². The van der Waals surface area contributed by atoms with Crippen LogP contribution in [0.1, 0.15) is 39.2 Å². The van der Waals surface area contributed by atoms with E-state index in [9.17, 15) is 9.59 Å². The molecule has 5 heteroatoms.